The van der Waals surface area contributed by atoms with E-state index in [2.05, 4.69) is 260 Å². The summed E-state index contributed by atoms with van der Waals surface area (Å²) in [5, 5.41) is 2.26. The third-order valence-corrected chi connectivity index (χ3v) is 15.8. The van der Waals surface area contributed by atoms with Crippen LogP contribution in [0.3, 0.4) is 0 Å². The first kappa shape index (κ1) is 46.8. The number of ether oxygens (including phenoxy) is 1. The van der Waals surface area contributed by atoms with Gasteiger partial charge in [0.05, 0.1) is 0 Å². The van der Waals surface area contributed by atoms with E-state index in [1.165, 1.54) is 66.8 Å². The van der Waals surface area contributed by atoms with Crippen molar-refractivity contribution in [3.05, 3.63) is 202 Å². The van der Waals surface area contributed by atoms with Crippen LogP contribution in [0.4, 0.5) is 0 Å². The van der Waals surface area contributed by atoms with Crippen molar-refractivity contribution in [2.75, 3.05) is 0 Å². The fourth-order valence-electron chi connectivity index (χ4n) is 10.7. The summed E-state index contributed by atoms with van der Waals surface area (Å²) in [6.07, 6.45) is 3.95. The second kappa shape index (κ2) is 17.6. The van der Waals surface area contributed by atoms with Gasteiger partial charge in [0, 0.05) is 6.20 Å². The zero-order valence-electron chi connectivity index (χ0n) is 42.6. The fraction of sp³-hybridized carbons (Fsp3) is 0.262. The molecule has 71 heavy (non-hydrogen) atoms. The van der Waals surface area contributed by atoms with Gasteiger partial charge in [-0.1, -0.05) is 39.0 Å². The Bertz CT molecular complexity index is 3700. The van der Waals surface area contributed by atoms with Crippen LogP contribution in [0.2, 0.25) is 0 Å². The standard InChI is InChI=1S/C65H62N4O.Pt/c1-42-27-32-56(55-39-48(28-30-50(42)55)70-49-29-31-54-53-21-14-15-24-57(53)69(60(54)40-49)61-38-45(33-34-66-61)63(2,3)4)67-41-68(59-26-17-16-25-58(59)67)62-51(43-19-12-11-13-20-43)22-18-23-52(62)44-35-46(64(5,6)7)37-47(36-44)65(8,9)10;/h11-26,28-31,33-38,42,56H,27,32H2,1-10H3;/q-2;. The molecule has 0 saturated heterocycles. The summed E-state index contributed by atoms with van der Waals surface area (Å²) >= 11 is 2.61. The first-order valence-electron chi connectivity index (χ1n) is 25.1. The van der Waals surface area contributed by atoms with Gasteiger partial charge in [0.25, 0.3) is 0 Å². The monoisotopic (exact) mass is 1110 g/mol. The Morgan fingerprint density at radius 1 is 0.549 bits per heavy atom. The molecular weight excluding hydrogens is 1050 g/mol. The molecule has 11 rings (SSSR count). The van der Waals surface area contributed by atoms with E-state index in [-0.39, 0.29) is 22.3 Å². The molecule has 0 radical (unpaired) electrons. The number of para-hydroxylation sites is 4. The van der Waals surface area contributed by atoms with E-state index in [9.17, 15) is 0 Å². The van der Waals surface area contributed by atoms with Crippen molar-refractivity contribution in [2.24, 2.45) is 0 Å². The molecule has 7 aromatic carbocycles. The molecule has 0 bridgehead atoms. The molecule has 2 unspecified atom stereocenters. The van der Waals surface area contributed by atoms with Crippen molar-refractivity contribution >= 4 is 32.8 Å². The predicted octanol–water partition coefficient (Wildman–Crippen LogP) is 17.1. The van der Waals surface area contributed by atoms with Gasteiger partial charge in [0.15, 0.2) is 0 Å². The number of rotatable bonds is 7. The summed E-state index contributed by atoms with van der Waals surface area (Å²) in [5.74, 6) is 2.57. The molecule has 0 fully saturated rings. The Balaban J connectivity index is 1.07. The molecule has 6 heteroatoms. The van der Waals surface area contributed by atoms with Crippen molar-refractivity contribution in [2.45, 2.75) is 110 Å². The number of imidazole rings is 1. The Labute approximate surface area is 430 Å². The maximum absolute atomic E-state index is 6.86. The number of hydrogen-bond acceptors (Lipinski definition) is 2. The van der Waals surface area contributed by atoms with E-state index >= 15 is 0 Å². The SMILES string of the molecule is CC1CCC(n2[c](=[Pt])n(-c3c(-c4ccccc4)cccc3-c3cc(C(C)(C)C)cc(C(C)(C)C)c3)c3ccccc32)c2[c-]c(Oc3[c-]c4c(cc3)c3ccccc3n4-c3cc(C(C)(C)C)ccn3)ccc21. The quantitative estimate of drug-likeness (QED) is 0.149. The third kappa shape index (κ3) is 8.44. The molecular formula is C65H62N4OPt-2. The molecule has 3 aromatic heterocycles. The topological polar surface area (TPSA) is 36.9 Å². The van der Waals surface area contributed by atoms with E-state index in [1.807, 2.05) is 12.3 Å². The number of pyridine rings is 1. The van der Waals surface area contributed by atoms with Crippen molar-refractivity contribution in [3.8, 4) is 45.3 Å². The molecule has 3 heterocycles. The minimum absolute atomic E-state index is 0.0163. The van der Waals surface area contributed by atoms with Gasteiger partial charge >= 0.3 is 353 Å². The van der Waals surface area contributed by atoms with E-state index in [4.69, 9.17) is 9.72 Å². The molecule has 0 N–H and O–H groups in total. The van der Waals surface area contributed by atoms with Crippen LogP contribution in [0.25, 0.3) is 66.6 Å². The zero-order chi connectivity index (χ0) is 49.6. The molecule has 0 aliphatic heterocycles. The first-order valence-corrected chi connectivity index (χ1v) is 26.3. The summed E-state index contributed by atoms with van der Waals surface area (Å²) in [6, 6.07) is 63.0. The normalized spacial score (nSPS) is 15.4. The number of aromatic nitrogens is 4. The van der Waals surface area contributed by atoms with Crippen molar-refractivity contribution in [1.82, 2.24) is 18.7 Å². The van der Waals surface area contributed by atoms with Gasteiger partial charge < -0.3 is 0 Å². The van der Waals surface area contributed by atoms with E-state index < -0.39 is 0 Å². The number of hydrogen-bond donors (Lipinski definition) is 0. The van der Waals surface area contributed by atoms with Gasteiger partial charge in [-0.05, 0) is 29.2 Å². The molecule has 5 nitrogen and oxygen atoms in total. The van der Waals surface area contributed by atoms with Gasteiger partial charge in [-0.25, -0.2) is 4.98 Å². The van der Waals surface area contributed by atoms with Crippen LogP contribution in [0.5, 0.6) is 11.5 Å². The van der Waals surface area contributed by atoms with Crippen molar-refractivity contribution < 1.29 is 24.1 Å². The van der Waals surface area contributed by atoms with Crippen molar-refractivity contribution in [3.63, 3.8) is 0 Å². The summed E-state index contributed by atoms with van der Waals surface area (Å²) in [5.41, 5.74) is 16.7. The average Bonchev–Trinajstić information content (AvgIpc) is 3.83. The fourth-order valence-corrected chi connectivity index (χ4v) is 11.8. The Kier molecular flexibility index (Phi) is 11.6. The van der Waals surface area contributed by atoms with Crippen molar-refractivity contribution in [1.29, 1.82) is 0 Å². The second-order valence-corrected chi connectivity index (χ2v) is 23.7. The Morgan fingerprint density at radius 2 is 1.17 bits per heavy atom. The third-order valence-electron chi connectivity index (χ3n) is 14.7. The van der Waals surface area contributed by atoms with Crippen LogP contribution >= 0.6 is 0 Å². The van der Waals surface area contributed by atoms with Gasteiger partial charge in [-0.15, -0.1) is 0 Å². The van der Waals surface area contributed by atoms with E-state index in [0.717, 1.165) is 44.3 Å². The van der Waals surface area contributed by atoms with Crippen LogP contribution in [0.15, 0.2) is 158 Å². The Morgan fingerprint density at radius 3 is 1.87 bits per heavy atom. The summed E-state index contributed by atoms with van der Waals surface area (Å²) < 4.78 is 15.3. The van der Waals surface area contributed by atoms with Crippen LogP contribution in [0, 0.1) is 15.9 Å². The van der Waals surface area contributed by atoms with Gasteiger partial charge in [0.1, 0.15) is 0 Å². The summed E-state index contributed by atoms with van der Waals surface area (Å²) in [6.45, 7) is 23.0. The summed E-state index contributed by atoms with van der Waals surface area (Å²) in [4.78, 5) is 4.91. The molecule has 0 amide bonds. The minimum atomic E-state index is -0.0314. The second-order valence-electron chi connectivity index (χ2n) is 22.7. The van der Waals surface area contributed by atoms with Gasteiger partial charge in [0.2, 0.25) is 0 Å². The number of benzene rings is 7. The number of nitrogens with zero attached hydrogens (tertiary/aromatic N) is 4. The molecule has 1 aliphatic carbocycles. The molecule has 10 aromatic rings. The van der Waals surface area contributed by atoms with E-state index in [1.54, 1.807) is 0 Å². The van der Waals surface area contributed by atoms with Crippen LogP contribution in [-0.2, 0) is 35.6 Å². The van der Waals surface area contributed by atoms with Crippen LogP contribution in [-0.4, -0.2) is 18.7 Å². The summed E-state index contributed by atoms with van der Waals surface area (Å²) in [7, 11) is 0. The molecule has 0 spiro atoms. The first-order chi connectivity index (χ1) is 33.9. The average molecular weight is 1110 g/mol. The van der Waals surface area contributed by atoms with Crippen LogP contribution in [0.1, 0.15) is 122 Å². The zero-order valence-corrected chi connectivity index (χ0v) is 44.9. The Hall–Kier alpha value is -6.55. The molecule has 2 atom stereocenters. The predicted molar refractivity (Wildman–Crippen MR) is 290 cm³/mol. The number of fused-ring (bicyclic) bond motifs is 5. The van der Waals surface area contributed by atoms with Gasteiger partial charge in [-0.3, -0.25) is 0 Å². The maximum atomic E-state index is 6.86. The van der Waals surface area contributed by atoms with Gasteiger partial charge in [-0.2, -0.15) is 0 Å². The molecule has 0 saturated carbocycles. The molecule has 1 aliphatic rings. The van der Waals surface area contributed by atoms with Crippen LogP contribution < -0.4 is 4.74 Å². The molecule has 360 valence electrons. The van der Waals surface area contributed by atoms with E-state index in [0.29, 0.717) is 17.4 Å².